The summed E-state index contributed by atoms with van der Waals surface area (Å²) in [5.74, 6) is -1.57. The lowest BCUT2D eigenvalue weighted by atomic mass is 9.98. The second kappa shape index (κ2) is 11.2. The molecule has 0 bridgehead atoms. The number of hydrogen-bond donors (Lipinski definition) is 3. The largest absolute Gasteiger partial charge is 0.481 e. The van der Waals surface area contributed by atoms with E-state index in [0.717, 1.165) is 22.3 Å². The van der Waals surface area contributed by atoms with Crippen molar-refractivity contribution in [3.05, 3.63) is 59.7 Å². The Hall–Kier alpha value is -3.00. The summed E-state index contributed by atoms with van der Waals surface area (Å²) in [4.78, 5) is 36.5. The van der Waals surface area contributed by atoms with Gasteiger partial charge >= 0.3 is 12.1 Å². The fraction of sp³-hybridized carbons (Fsp3) is 0.400. The molecule has 3 rings (SSSR count). The van der Waals surface area contributed by atoms with Crippen molar-refractivity contribution in [3.63, 3.8) is 0 Å². The lowest BCUT2D eigenvalue weighted by Gasteiger charge is -2.23. The van der Waals surface area contributed by atoms with Gasteiger partial charge in [-0.15, -0.1) is 0 Å². The van der Waals surface area contributed by atoms with Crippen LogP contribution >= 0.6 is 11.8 Å². The Kier molecular flexibility index (Phi) is 8.38. The minimum absolute atomic E-state index is 0.0712. The zero-order valence-corrected chi connectivity index (χ0v) is 19.9. The van der Waals surface area contributed by atoms with E-state index in [4.69, 9.17) is 9.84 Å². The van der Waals surface area contributed by atoms with E-state index in [9.17, 15) is 14.4 Å². The number of carboxylic acids is 1. The summed E-state index contributed by atoms with van der Waals surface area (Å²) in [6.07, 6.45) is 1.65. The standard InChI is InChI=1S/C25H30N2O5S/c1-15(24(29)30)16(2)26-23(28)22(12-13-33-3)27-25(31)32-14-21-19-10-6-4-8-17(19)18-9-5-7-11-20(18)21/h4-11,15-16,21-22H,12-14H2,1-3H3,(H,26,28)(H,27,31)(H,29,30). The van der Waals surface area contributed by atoms with Crippen LogP contribution in [0.5, 0.6) is 0 Å². The SMILES string of the molecule is CSCCC(NC(=O)OCC1c2ccccc2-c2ccccc21)C(=O)NC(C)C(C)C(=O)O. The van der Waals surface area contributed by atoms with Crippen molar-refractivity contribution in [2.75, 3.05) is 18.6 Å². The maximum atomic E-state index is 12.7. The zero-order chi connectivity index (χ0) is 24.0. The van der Waals surface area contributed by atoms with E-state index in [1.165, 1.54) is 6.92 Å². The molecule has 2 aromatic rings. The first-order chi connectivity index (χ1) is 15.8. The molecule has 176 valence electrons. The highest BCUT2D eigenvalue weighted by Gasteiger charge is 2.30. The van der Waals surface area contributed by atoms with Crippen LogP contribution in [0, 0.1) is 5.92 Å². The quantitative estimate of drug-likeness (QED) is 0.487. The molecule has 0 fully saturated rings. The van der Waals surface area contributed by atoms with Crippen LogP contribution in [-0.2, 0) is 14.3 Å². The molecule has 33 heavy (non-hydrogen) atoms. The van der Waals surface area contributed by atoms with Crippen molar-refractivity contribution >= 4 is 29.7 Å². The Bertz CT molecular complexity index is 966. The summed E-state index contributed by atoms with van der Waals surface area (Å²) in [6.45, 7) is 3.32. The number of nitrogens with one attached hydrogen (secondary N) is 2. The van der Waals surface area contributed by atoms with Gasteiger partial charge in [-0.1, -0.05) is 48.5 Å². The van der Waals surface area contributed by atoms with Crippen LogP contribution in [0.25, 0.3) is 11.1 Å². The number of carbonyl (C=O) groups excluding carboxylic acids is 2. The number of amides is 2. The van der Waals surface area contributed by atoms with Crippen LogP contribution < -0.4 is 10.6 Å². The van der Waals surface area contributed by atoms with Crippen molar-refractivity contribution in [2.45, 2.75) is 38.3 Å². The Morgan fingerprint density at radius 2 is 1.58 bits per heavy atom. The highest BCUT2D eigenvalue weighted by atomic mass is 32.2. The average molecular weight is 471 g/mol. The summed E-state index contributed by atoms with van der Waals surface area (Å²) in [7, 11) is 0. The van der Waals surface area contributed by atoms with E-state index >= 15 is 0 Å². The van der Waals surface area contributed by atoms with E-state index < -0.39 is 36.0 Å². The van der Waals surface area contributed by atoms with Crippen LogP contribution in [0.1, 0.15) is 37.3 Å². The van der Waals surface area contributed by atoms with Crippen molar-refractivity contribution in [3.8, 4) is 11.1 Å². The lowest BCUT2D eigenvalue weighted by Crippen LogP contribution is -2.51. The normalized spacial score (nSPS) is 15.0. The van der Waals surface area contributed by atoms with Crippen LogP contribution in [0.3, 0.4) is 0 Å². The van der Waals surface area contributed by atoms with E-state index in [1.54, 1.807) is 18.7 Å². The number of carbonyl (C=O) groups is 3. The number of alkyl carbamates (subject to hydrolysis) is 1. The summed E-state index contributed by atoms with van der Waals surface area (Å²) in [6, 6.07) is 14.8. The maximum absolute atomic E-state index is 12.7. The molecule has 3 atom stereocenters. The number of aliphatic carboxylic acids is 1. The number of benzene rings is 2. The number of carboxylic acid groups (broad SMARTS) is 1. The molecule has 0 spiro atoms. The molecule has 2 aromatic carbocycles. The molecule has 3 unspecified atom stereocenters. The highest BCUT2D eigenvalue weighted by Crippen LogP contribution is 2.44. The number of thioether (sulfide) groups is 1. The summed E-state index contributed by atoms with van der Waals surface area (Å²) < 4.78 is 5.56. The predicted octanol–water partition coefficient (Wildman–Crippen LogP) is 3.87. The van der Waals surface area contributed by atoms with E-state index in [1.807, 2.05) is 42.7 Å². The molecular formula is C25H30N2O5S. The van der Waals surface area contributed by atoms with E-state index in [2.05, 4.69) is 22.8 Å². The maximum Gasteiger partial charge on any atom is 0.407 e. The molecule has 0 heterocycles. The molecule has 2 amide bonds. The van der Waals surface area contributed by atoms with Gasteiger partial charge in [-0.05, 0) is 54.5 Å². The summed E-state index contributed by atoms with van der Waals surface area (Å²) in [5, 5.41) is 14.5. The summed E-state index contributed by atoms with van der Waals surface area (Å²) in [5.41, 5.74) is 4.50. The molecule has 0 saturated heterocycles. The molecular weight excluding hydrogens is 440 g/mol. The molecule has 0 saturated carbocycles. The Labute approximate surface area is 198 Å². The molecule has 8 heteroatoms. The second-order valence-corrected chi connectivity index (χ2v) is 9.21. The Morgan fingerprint density at radius 1 is 1.00 bits per heavy atom. The third-order valence-corrected chi connectivity index (χ3v) is 6.72. The van der Waals surface area contributed by atoms with Gasteiger partial charge in [0.2, 0.25) is 5.91 Å². The molecule has 0 aromatic heterocycles. The third-order valence-electron chi connectivity index (χ3n) is 6.07. The molecule has 1 aliphatic carbocycles. The highest BCUT2D eigenvalue weighted by molar-refractivity contribution is 7.98. The van der Waals surface area contributed by atoms with Gasteiger partial charge in [-0.3, -0.25) is 9.59 Å². The topological polar surface area (TPSA) is 105 Å². The average Bonchev–Trinajstić information content (AvgIpc) is 3.13. The first-order valence-electron chi connectivity index (χ1n) is 11.0. The Morgan fingerprint density at radius 3 is 2.12 bits per heavy atom. The minimum Gasteiger partial charge on any atom is -0.481 e. The van der Waals surface area contributed by atoms with Gasteiger partial charge < -0.3 is 20.5 Å². The van der Waals surface area contributed by atoms with Crippen LogP contribution in [-0.4, -0.2) is 53.8 Å². The fourth-order valence-electron chi connectivity index (χ4n) is 3.95. The van der Waals surface area contributed by atoms with Gasteiger partial charge in [-0.25, -0.2) is 4.79 Å². The number of fused-ring (bicyclic) bond motifs is 3. The first kappa shape index (κ1) is 24.6. The number of hydrogen-bond acceptors (Lipinski definition) is 5. The molecule has 3 N–H and O–H groups in total. The Balaban J connectivity index is 1.64. The van der Waals surface area contributed by atoms with Gasteiger partial charge in [0.15, 0.2) is 0 Å². The van der Waals surface area contributed by atoms with Crippen molar-refractivity contribution < 1.29 is 24.2 Å². The second-order valence-electron chi connectivity index (χ2n) is 8.23. The van der Waals surface area contributed by atoms with Gasteiger partial charge in [0.25, 0.3) is 0 Å². The van der Waals surface area contributed by atoms with Gasteiger partial charge in [0.05, 0.1) is 5.92 Å². The molecule has 1 aliphatic rings. The molecule has 0 aliphatic heterocycles. The van der Waals surface area contributed by atoms with Gasteiger partial charge in [0.1, 0.15) is 12.6 Å². The van der Waals surface area contributed by atoms with Crippen molar-refractivity contribution in [1.29, 1.82) is 0 Å². The number of rotatable bonds is 10. The predicted molar refractivity (Wildman–Crippen MR) is 129 cm³/mol. The van der Waals surface area contributed by atoms with E-state index in [0.29, 0.717) is 12.2 Å². The summed E-state index contributed by atoms with van der Waals surface area (Å²) >= 11 is 1.56. The van der Waals surface area contributed by atoms with Crippen molar-refractivity contribution in [1.82, 2.24) is 10.6 Å². The van der Waals surface area contributed by atoms with Gasteiger partial charge in [0, 0.05) is 12.0 Å². The smallest absolute Gasteiger partial charge is 0.407 e. The fourth-order valence-corrected chi connectivity index (χ4v) is 4.42. The zero-order valence-electron chi connectivity index (χ0n) is 19.0. The minimum atomic E-state index is -0.993. The van der Waals surface area contributed by atoms with E-state index in [-0.39, 0.29) is 12.5 Å². The molecule has 7 nitrogen and oxygen atoms in total. The lowest BCUT2D eigenvalue weighted by molar-refractivity contribution is -0.142. The monoisotopic (exact) mass is 470 g/mol. The number of ether oxygens (including phenoxy) is 1. The van der Waals surface area contributed by atoms with Gasteiger partial charge in [-0.2, -0.15) is 11.8 Å². The van der Waals surface area contributed by atoms with Crippen LogP contribution in [0.2, 0.25) is 0 Å². The van der Waals surface area contributed by atoms with Crippen molar-refractivity contribution in [2.24, 2.45) is 5.92 Å². The van der Waals surface area contributed by atoms with Crippen LogP contribution in [0.4, 0.5) is 4.79 Å². The first-order valence-corrected chi connectivity index (χ1v) is 12.4. The van der Waals surface area contributed by atoms with Crippen LogP contribution in [0.15, 0.2) is 48.5 Å². The third kappa shape index (κ3) is 5.87. The molecule has 0 radical (unpaired) electrons.